The van der Waals surface area contributed by atoms with Crippen LogP contribution >= 0.6 is 0 Å². The summed E-state index contributed by atoms with van der Waals surface area (Å²) in [6.45, 7) is 4.01. The second kappa shape index (κ2) is 9.48. The average Bonchev–Trinajstić information content (AvgIpc) is 3.08. The van der Waals surface area contributed by atoms with Gasteiger partial charge in [0.2, 0.25) is 5.78 Å². The molecule has 166 valence electrons. The van der Waals surface area contributed by atoms with Gasteiger partial charge in [0, 0.05) is 17.2 Å². The highest BCUT2D eigenvalue weighted by Gasteiger charge is 2.44. The molecule has 1 aromatic heterocycles. The second-order valence-electron chi connectivity index (χ2n) is 7.49. The molecule has 1 aliphatic heterocycles. The van der Waals surface area contributed by atoms with Crippen LogP contribution in [0.2, 0.25) is 0 Å². The van der Waals surface area contributed by atoms with Gasteiger partial charge >= 0.3 is 0 Å². The second-order valence-corrected chi connectivity index (χ2v) is 7.49. The molecule has 0 spiro atoms. The van der Waals surface area contributed by atoms with Crippen LogP contribution in [0.1, 0.15) is 22.7 Å². The lowest BCUT2D eigenvalue weighted by Crippen LogP contribution is -2.29. The quantitative estimate of drug-likeness (QED) is 0.243. The third kappa shape index (κ3) is 4.52. The van der Waals surface area contributed by atoms with Crippen molar-refractivity contribution in [1.29, 1.82) is 0 Å². The molecule has 6 nitrogen and oxygen atoms in total. The molecule has 0 radical (unpaired) electrons. The standard InChI is InChI=1S/C26H21FN2O4/c1-2-14-33-21-11-7-19(8-12-21)24(30)22-23(18-5-9-20(27)10-6-18)29(26(32)25(22)31)16-17-4-3-13-28-15-17/h2-13,15,23,30H,1,14,16H2. The largest absolute Gasteiger partial charge is 0.872 e. The normalized spacial score (nSPS) is 17.2. The molecule has 0 saturated carbocycles. The maximum atomic E-state index is 13.6. The van der Waals surface area contributed by atoms with Crippen LogP contribution in [0.4, 0.5) is 4.39 Å². The first-order valence-corrected chi connectivity index (χ1v) is 10.3. The van der Waals surface area contributed by atoms with E-state index in [2.05, 4.69) is 11.6 Å². The van der Waals surface area contributed by atoms with Gasteiger partial charge in [-0.2, -0.15) is 0 Å². The summed E-state index contributed by atoms with van der Waals surface area (Å²) in [7, 11) is 0. The lowest BCUT2D eigenvalue weighted by atomic mass is 9.95. The summed E-state index contributed by atoms with van der Waals surface area (Å²) in [5, 5.41) is 13.4. The number of nitrogens with one attached hydrogen (secondary N) is 1. The number of Topliss-reactive ketones (excluding diaryl/α,β-unsaturated/α-hetero) is 1. The van der Waals surface area contributed by atoms with E-state index in [9.17, 15) is 19.1 Å². The van der Waals surface area contributed by atoms with E-state index in [0.717, 1.165) is 5.56 Å². The zero-order chi connectivity index (χ0) is 23.4. The summed E-state index contributed by atoms with van der Waals surface area (Å²) in [4.78, 5) is 30.3. The highest BCUT2D eigenvalue weighted by atomic mass is 19.1. The molecule has 1 amide bonds. The van der Waals surface area contributed by atoms with E-state index in [1.807, 2.05) is 0 Å². The van der Waals surface area contributed by atoms with Crippen LogP contribution in [0.15, 0.2) is 91.3 Å². The minimum absolute atomic E-state index is 0.106. The van der Waals surface area contributed by atoms with E-state index in [4.69, 9.17) is 4.74 Å². The van der Waals surface area contributed by atoms with Crippen molar-refractivity contribution in [3.63, 3.8) is 0 Å². The Morgan fingerprint density at radius 1 is 1.12 bits per heavy atom. The van der Waals surface area contributed by atoms with Crippen LogP contribution in [0, 0.1) is 5.82 Å². The fraction of sp³-hybridized carbons (Fsp3) is 0.115. The maximum Gasteiger partial charge on any atom is 0.295 e. The summed E-state index contributed by atoms with van der Waals surface area (Å²) in [5.74, 6) is -2.10. The Labute approximate surface area is 190 Å². The number of ketones is 1. The zero-order valence-electron chi connectivity index (χ0n) is 17.7. The Morgan fingerprint density at radius 2 is 1.85 bits per heavy atom. The number of nitrogens with zero attached hydrogens (tertiary/aromatic N) is 1. The van der Waals surface area contributed by atoms with Gasteiger partial charge in [0.05, 0.1) is 12.6 Å². The van der Waals surface area contributed by atoms with Crippen LogP contribution in [-0.4, -0.2) is 23.2 Å². The van der Waals surface area contributed by atoms with Gasteiger partial charge in [-0.25, -0.2) is 9.37 Å². The number of rotatable bonds is 7. The van der Waals surface area contributed by atoms with Crippen molar-refractivity contribution in [2.24, 2.45) is 0 Å². The molecule has 3 aromatic rings. The van der Waals surface area contributed by atoms with Crippen molar-refractivity contribution in [3.8, 4) is 5.75 Å². The van der Waals surface area contributed by atoms with Crippen LogP contribution in [-0.2, 0) is 16.1 Å². The van der Waals surface area contributed by atoms with E-state index in [0.29, 0.717) is 17.9 Å². The number of pyridine rings is 1. The average molecular weight is 444 g/mol. The lowest BCUT2D eigenvalue weighted by molar-refractivity contribution is -0.378. The fourth-order valence-corrected chi connectivity index (χ4v) is 3.76. The number of hydrogen-bond donors (Lipinski definition) is 0. The van der Waals surface area contributed by atoms with Crippen LogP contribution in [0.25, 0.3) is 5.76 Å². The number of halogens is 1. The number of ether oxygens (including phenoxy) is 1. The summed E-state index contributed by atoms with van der Waals surface area (Å²) >= 11 is 0. The highest BCUT2D eigenvalue weighted by molar-refractivity contribution is 6.46. The minimum atomic E-state index is -0.935. The Morgan fingerprint density at radius 3 is 2.48 bits per heavy atom. The number of aromatic amines is 1. The molecule has 1 unspecified atom stereocenters. The predicted octanol–water partition coefficient (Wildman–Crippen LogP) is 2.63. The molecule has 2 aromatic carbocycles. The summed E-state index contributed by atoms with van der Waals surface area (Å²) < 4.78 is 19.0. The van der Waals surface area contributed by atoms with Gasteiger partial charge in [-0.15, -0.1) is 0 Å². The highest BCUT2D eigenvalue weighted by Crippen LogP contribution is 2.39. The molecule has 1 aliphatic rings. The number of hydrogen-bond acceptors (Lipinski definition) is 4. The van der Waals surface area contributed by atoms with E-state index < -0.39 is 29.3 Å². The fourth-order valence-electron chi connectivity index (χ4n) is 3.76. The van der Waals surface area contributed by atoms with E-state index in [-0.39, 0.29) is 17.7 Å². The molecular weight excluding hydrogens is 423 g/mol. The molecule has 7 heteroatoms. The Kier molecular flexibility index (Phi) is 6.31. The van der Waals surface area contributed by atoms with Crippen molar-refractivity contribution < 1.29 is 28.8 Å². The Bertz CT molecular complexity index is 1210. The van der Waals surface area contributed by atoms with Gasteiger partial charge < -0.3 is 14.7 Å². The van der Waals surface area contributed by atoms with Crippen molar-refractivity contribution >= 4 is 17.4 Å². The number of carbonyl (C=O) groups is 2. The molecule has 1 atom stereocenters. The van der Waals surface area contributed by atoms with Crippen LogP contribution in [0.5, 0.6) is 5.75 Å². The third-order valence-electron chi connectivity index (χ3n) is 5.32. The first kappa shape index (κ1) is 22.0. The first-order chi connectivity index (χ1) is 16.0. The Hall–Kier alpha value is -4.26. The Balaban J connectivity index is 1.78. The minimum Gasteiger partial charge on any atom is -0.872 e. The number of aromatic nitrogens is 1. The van der Waals surface area contributed by atoms with Gasteiger partial charge in [0.1, 0.15) is 18.2 Å². The summed E-state index contributed by atoms with van der Waals surface area (Å²) in [6, 6.07) is 14.4. The van der Waals surface area contributed by atoms with Gasteiger partial charge in [-0.1, -0.05) is 42.7 Å². The van der Waals surface area contributed by atoms with E-state index in [1.165, 1.54) is 29.2 Å². The third-order valence-corrected chi connectivity index (χ3v) is 5.32. The number of likely N-dealkylation sites (tertiary alicyclic amines) is 1. The molecule has 0 aliphatic carbocycles. The molecule has 2 heterocycles. The van der Waals surface area contributed by atoms with Gasteiger partial charge in [0.15, 0.2) is 12.4 Å². The molecule has 4 rings (SSSR count). The van der Waals surface area contributed by atoms with Crippen molar-refractivity contribution in [2.45, 2.75) is 12.6 Å². The molecule has 0 bridgehead atoms. The molecule has 1 N–H and O–H groups in total. The number of carbonyl (C=O) groups excluding carboxylic acids is 2. The summed E-state index contributed by atoms with van der Waals surface area (Å²) in [5.41, 5.74) is 1.32. The lowest BCUT2D eigenvalue weighted by Gasteiger charge is -2.27. The van der Waals surface area contributed by atoms with E-state index in [1.54, 1.807) is 54.9 Å². The molecule has 1 fully saturated rings. The monoisotopic (exact) mass is 444 g/mol. The van der Waals surface area contributed by atoms with E-state index >= 15 is 0 Å². The van der Waals surface area contributed by atoms with Crippen molar-refractivity contribution in [3.05, 3.63) is 114 Å². The summed E-state index contributed by atoms with van der Waals surface area (Å²) in [6.07, 6.45) is 5.03. The molecular formula is C26H21FN2O4. The van der Waals surface area contributed by atoms with Crippen molar-refractivity contribution in [2.75, 3.05) is 6.61 Å². The maximum absolute atomic E-state index is 13.6. The SMILES string of the molecule is C=CCOc1ccc(C([O-])=C2C(=O)C(=O)N(Cc3ccc[nH+]c3)C2c2ccc(F)cc2)cc1. The topological polar surface area (TPSA) is 83.8 Å². The first-order valence-electron chi connectivity index (χ1n) is 10.3. The zero-order valence-corrected chi connectivity index (χ0v) is 17.7. The molecule has 1 saturated heterocycles. The van der Waals surface area contributed by atoms with Crippen LogP contribution < -0.4 is 14.8 Å². The number of benzene rings is 2. The number of H-pyrrole nitrogens is 1. The van der Waals surface area contributed by atoms with Gasteiger partial charge in [-0.05, 0) is 41.5 Å². The van der Waals surface area contributed by atoms with Gasteiger partial charge in [0.25, 0.3) is 5.91 Å². The van der Waals surface area contributed by atoms with Gasteiger partial charge in [-0.3, -0.25) is 9.59 Å². The molecule has 33 heavy (non-hydrogen) atoms. The smallest absolute Gasteiger partial charge is 0.295 e. The predicted molar refractivity (Wildman–Crippen MR) is 117 cm³/mol. The van der Waals surface area contributed by atoms with Crippen molar-refractivity contribution in [1.82, 2.24) is 4.90 Å². The number of amides is 1. The van der Waals surface area contributed by atoms with Crippen LogP contribution in [0.3, 0.4) is 0 Å².